The van der Waals surface area contributed by atoms with Gasteiger partial charge < -0.3 is 19.5 Å². The summed E-state index contributed by atoms with van der Waals surface area (Å²) in [5, 5.41) is 14.2. The second kappa shape index (κ2) is 12.7. The number of rotatable bonds is 9. The molecule has 1 fully saturated rings. The van der Waals surface area contributed by atoms with Gasteiger partial charge in [0.25, 0.3) is 0 Å². The maximum Gasteiger partial charge on any atom is 1.00 e. The van der Waals surface area contributed by atoms with Gasteiger partial charge >= 0.3 is 57.4 Å². The molecule has 148 valence electrons. The zero-order valence-electron chi connectivity index (χ0n) is 16.8. The second-order valence-corrected chi connectivity index (χ2v) is 6.73. The number of nitrogens with one attached hydrogen (secondary N) is 1. The smallest absolute Gasteiger partial charge is 0.548 e. The van der Waals surface area contributed by atoms with Crippen LogP contribution >= 0.6 is 0 Å². The van der Waals surface area contributed by atoms with Gasteiger partial charge in [0.15, 0.2) is 0 Å². The van der Waals surface area contributed by atoms with E-state index in [9.17, 15) is 19.5 Å². The molecule has 1 aliphatic rings. The number of aliphatic carboxylic acids is 1. The van der Waals surface area contributed by atoms with Crippen molar-refractivity contribution in [3.63, 3.8) is 0 Å². The summed E-state index contributed by atoms with van der Waals surface area (Å²) in [6.07, 6.45) is 2.16. The van der Waals surface area contributed by atoms with E-state index in [4.69, 9.17) is 4.74 Å². The fourth-order valence-corrected chi connectivity index (χ4v) is 3.37. The van der Waals surface area contributed by atoms with Crippen molar-refractivity contribution in [3.05, 3.63) is 35.9 Å². The van der Waals surface area contributed by atoms with Crippen LogP contribution in [0.5, 0.6) is 0 Å². The topological polar surface area (TPSA) is 98.8 Å². The molecule has 2 rings (SSSR count). The van der Waals surface area contributed by atoms with Crippen molar-refractivity contribution in [1.29, 1.82) is 0 Å². The quantitative estimate of drug-likeness (QED) is 0.348. The van der Waals surface area contributed by atoms with Crippen molar-refractivity contribution in [1.82, 2.24) is 10.2 Å². The summed E-state index contributed by atoms with van der Waals surface area (Å²) >= 11 is 0. The molecule has 0 saturated carbocycles. The van der Waals surface area contributed by atoms with Crippen LogP contribution in [0.1, 0.15) is 38.7 Å². The first-order chi connectivity index (χ1) is 12.9. The molecule has 1 aliphatic heterocycles. The number of ether oxygens (including phenoxy) is 1. The van der Waals surface area contributed by atoms with Crippen molar-refractivity contribution in [2.45, 2.75) is 57.7 Å². The third-order valence-corrected chi connectivity index (χ3v) is 4.77. The third-order valence-electron chi connectivity index (χ3n) is 4.77. The van der Waals surface area contributed by atoms with Gasteiger partial charge in [0.2, 0.25) is 5.91 Å². The molecule has 1 heterocycles. The van der Waals surface area contributed by atoms with Gasteiger partial charge in [-0.2, -0.15) is 0 Å². The number of benzene rings is 1. The Morgan fingerprint density at radius 3 is 2.57 bits per heavy atom. The van der Waals surface area contributed by atoms with Crippen LogP contribution in [-0.4, -0.2) is 54.0 Å². The van der Waals surface area contributed by atoms with Crippen LogP contribution in [0.3, 0.4) is 0 Å². The molecule has 0 spiro atoms. The van der Waals surface area contributed by atoms with Crippen LogP contribution in [0.4, 0.5) is 0 Å². The molecule has 3 atom stereocenters. The number of carbonyl (C=O) groups excluding carboxylic acids is 3. The normalized spacial score (nSPS) is 18.1. The number of carboxylic acid groups (broad SMARTS) is 1. The van der Waals surface area contributed by atoms with E-state index < -0.39 is 30.1 Å². The Bertz CT molecular complexity index is 655. The zero-order chi connectivity index (χ0) is 19.8. The molecule has 1 amide bonds. The molecule has 28 heavy (non-hydrogen) atoms. The first kappa shape index (κ1) is 25.3. The van der Waals surface area contributed by atoms with Crippen molar-refractivity contribution < 1.29 is 75.6 Å². The SMILES string of the molecule is CCOC(=O)[C@H](CCc1ccccc1)N[C@@H](C)C(=O)N1CCC[C@H]1C(=O)[O-].[K+]. The molecule has 0 aromatic heterocycles. The van der Waals surface area contributed by atoms with Gasteiger partial charge in [0.05, 0.1) is 24.7 Å². The van der Waals surface area contributed by atoms with Crippen molar-refractivity contribution in [3.8, 4) is 0 Å². The Balaban J connectivity index is 0.00000392. The maximum absolute atomic E-state index is 12.7. The summed E-state index contributed by atoms with van der Waals surface area (Å²) in [6, 6.07) is 7.51. The van der Waals surface area contributed by atoms with Gasteiger partial charge in [-0.05, 0) is 45.1 Å². The molecular weight excluding hydrogens is 387 g/mol. The minimum Gasteiger partial charge on any atom is -0.548 e. The van der Waals surface area contributed by atoms with E-state index in [2.05, 4.69) is 5.32 Å². The first-order valence-electron chi connectivity index (χ1n) is 9.42. The summed E-state index contributed by atoms with van der Waals surface area (Å²) in [4.78, 5) is 37.5. The van der Waals surface area contributed by atoms with Crippen molar-refractivity contribution in [2.24, 2.45) is 0 Å². The van der Waals surface area contributed by atoms with Gasteiger partial charge in [-0.3, -0.25) is 14.9 Å². The average molecular weight is 415 g/mol. The van der Waals surface area contributed by atoms with E-state index in [1.165, 1.54) is 4.90 Å². The van der Waals surface area contributed by atoms with E-state index >= 15 is 0 Å². The third kappa shape index (κ3) is 7.24. The molecule has 1 aromatic carbocycles. The number of hydrogen-bond donors (Lipinski definition) is 1. The van der Waals surface area contributed by atoms with Crippen LogP contribution in [-0.2, 0) is 25.5 Å². The summed E-state index contributed by atoms with van der Waals surface area (Å²) in [6.45, 7) is 4.01. The fraction of sp³-hybridized carbons (Fsp3) is 0.550. The number of esters is 1. The van der Waals surface area contributed by atoms with Gasteiger partial charge in [0.1, 0.15) is 6.04 Å². The minimum atomic E-state index is -1.24. The van der Waals surface area contributed by atoms with E-state index in [-0.39, 0.29) is 63.9 Å². The molecule has 0 unspecified atom stereocenters. The zero-order valence-corrected chi connectivity index (χ0v) is 20.0. The van der Waals surface area contributed by atoms with Crippen molar-refractivity contribution >= 4 is 17.8 Å². The Hall–Kier alpha value is -0.774. The molecule has 1 N–H and O–H groups in total. The van der Waals surface area contributed by atoms with Crippen LogP contribution in [0.25, 0.3) is 0 Å². The number of amides is 1. The Morgan fingerprint density at radius 2 is 1.96 bits per heavy atom. The summed E-state index contributed by atoms with van der Waals surface area (Å²) in [5.74, 6) is -1.99. The largest absolute Gasteiger partial charge is 1.00 e. The van der Waals surface area contributed by atoms with E-state index in [0.717, 1.165) is 5.56 Å². The maximum atomic E-state index is 12.7. The number of carboxylic acids is 1. The van der Waals surface area contributed by atoms with Crippen LogP contribution in [0.2, 0.25) is 0 Å². The molecular formula is C20H27KN2O5. The standard InChI is InChI=1S/C20H28N2O5.K/c1-3-27-20(26)16(12-11-15-8-5-4-6-9-15)21-14(2)18(23)22-13-7-10-17(22)19(24)25;/h4-6,8-9,14,16-17,21H,3,7,10-13H2,1-2H3,(H,24,25);/q;+1/p-1/t14-,16-,17-;/m0./s1. The first-order valence-corrected chi connectivity index (χ1v) is 9.42. The van der Waals surface area contributed by atoms with Gasteiger partial charge in [-0.25, -0.2) is 0 Å². The second-order valence-electron chi connectivity index (χ2n) is 6.73. The number of carbonyl (C=O) groups is 3. The molecule has 8 heteroatoms. The monoisotopic (exact) mass is 414 g/mol. The van der Waals surface area contributed by atoms with Crippen LogP contribution in [0, 0.1) is 0 Å². The molecule has 0 bridgehead atoms. The summed E-state index contributed by atoms with van der Waals surface area (Å²) < 4.78 is 5.13. The predicted octanol–water partition coefficient (Wildman–Crippen LogP) is -2.73. The molecule has 7 nitrogen and oxygen atoms in total. The van der Waals surface area contributed by atoms with Crippen molar-refractivity contribution in [2.75, 3.05) is 13.2 Å². The Morgan fingerprint density at radius 1 is 1.29 bits per heavy atom. The van der Waals surface area contributed by atoms with Gasteiger partial charge in [0, 0.05) is 6.54 Å². The molecule has 1 aromatic rings. The Labute approximate surface area is 208 Å². The minimum absolute atomic E-state index is 0. The van der Waals surface area contributed by atoms with Crippen LogP contribution < -0.4 is 61.8 Å². The number of hydrogen-bond acceptors (Lipinski definition) is 6. The summed E-state index contributed by atoms with van der Waals surface area (Å²) in [5.41, 5.74) is 1.09. The Kier molecular flexibility index (Phi) is 11.5. The predicted molar refractivity (Wildman–Crippen MR) is 97.5 cm³/mol. The number of likely N-dealkylation sites (tertiary alicyclic amines) is 1. The molecule has 0 aliphatic carbocycles. The van der Waals surface area contributed by atoms with E-state index in [1.54, 1.807) is 13.8 Å². The summed E-state index contributed by atoms with van der Waals surface area (Å²) in [7, 11) is 0. The molecule has 0 radical (unpaired) electrons. The van der Waals surface area contributed by atoms with Crippen LogP contribution in [0.15, 0.2) is 30.3 Å². The van der Waals surface area contributed by atoms with Gasteiger partial charge in [-0.1, -0.05) is 30.3 Å². The van der Waals surface area contributed by atoms with E-state index in [1.807, 2.05) is 30.3 Å². The van der Waals surface area contributed by atoms with Gasteiger partial charge in [-0.15, -0.1) is 0 Å². The number of aryl methyl sites for hydroxylation is 1. The van der Waals surface area contributed by atoms with E-state index in [0.29, 0.717) is 32.2 Å². The molecule has 1 saturated heterocycles. The number of nitrogens with zero attached hydrogens (tertiary/aromatic N) is 1. The average Bonchev–Trinajstić information content (AvgIpc) is 3.15. The fourth-order valence-electron chi connectivity index (χ4n) is 3.37.